The first-order chi connectivity index (χ1) is 18.6. The van der Waals surface area contributed by atoms with Crippen LogP contribution in [0.1, 0.15) is 49.7 Å². The number of hydrogen-bond acceptors (Lipinski definition) is 6. The molecule has 1 aliphatic heterocycles. The molecule has 0 N–H and O–H groups in total. The fourth-order valence-electron chi connectivity index (χ4n) is 5.71. The molecule has 38 heavy (non-hydrogen) atoms. The van der Waals surface area contributed by atoms with Crippen LogP contribution >= 0.6 is 0 Å². The molecule has 0 spiro atoms. The minimum absolute atomic E-state index is 0.188. The van der Waals surface area contributed by atoms with Gasteiger partial charge in [0.05, 0.1) is 25.6 Å². The lowest BCUT2D eigenvalue weighted by atomic mass is 9.87. The van der Waals surface area contributed by atoms with Crippen LogP contribution in [0, 0.1) is 12.8 Å². The highest BCUT2D eigenvalue weighted by atomic mass is 16.5. The second-order valence-electron chi connectivity index (χ2n) is 10.6. The molecule has 1 aliphatic carbocycles. The molecule has 1 aromatic heterocycles. The molecule has 1 saturated heterocycles. The van der Waals surface area contributed by atoms with Gasteiger partial charge in [0.25, 0.3) is 0 Å². The van der Waals surface area contributed by atoms with E-state index in [0.29, 0.717) is 18.3 Å². The highest BCUT2D eigenvalue weighted by molar-refractivity contribution is 5.57. The third-order valence-corrected chi connectivity index (χ3v) is 8.00. The molecule has 7 nitrogen and oxygen atoms in total. The van der Waals surface area contributed by atoms with E-state index in [-0.39, 0.29) is 5.56 Å². The Hall–Kier alpha value is -3.32. The maximum Gasteiger partial charge on any atom is 0.316 e. The SMILES string of the molecule is COc1cc(CN2CCN(c3cnn(-c4ccccc4)c(=O)c3OCCC3CCCCC3)CC2)ccc1C. The third-order valence-electron chi connectivity index (χ3n) is 8.00. The first-order valence-corrected chi connectivity index (χ1v) is 14.0. The molecule has 2 aromatic carbocycles. The molecule has 7 heteroatoms. The smallest absolute Gasteiger partial charge is 0.316 e. The Bertz CT molecular complexity index is 1250. The van der Waals surface area contributed by atoms with Crippen molar-refractivity contribution in [3.05, 3.63) is 76.2 Å². The van der Waals surface area contributed by atoms with Gasteiger partial charge in [-0.15, -0.1) is 0 Å². The van der Waals surface area contributed by atoms with Crippen molar-refractivity contribution in [3.63, 3.8) is 0 Å². The van der Waals surface area contributed by atoms with E-state index < -0.39 is 0 Å². The molecule has 0 unspecified atom stereocenters. The van der Waals surface area contributed by atoms with Gasteiger partial charge in [-0.1, -0.05) is 62.4 Å². The van der Waals surface area contributed by atoms with Gasteiger partial charge in [-0.05, 0) is 48.6 Å². The number of piperazine rings is 1. The van der Waals surface area contributed by atoms with Gasteiger partial charge in [-0.2, -0.15) is 9.78 Å². The number of nitrogens with zero attached hydrogens (tertiary/aromatic N) is 4. The van der Waals surface area contributed by atoms with Gasteiger partial charge in [0.15, 0.2) is 0 Å². The average molecular weight is 517 g/mol. The zero-order valence-corrected chi connectivity index (χ0v) is 22.8. The lowest BCUT2D eigenvalue weighted by molar-refractivity contribution is 0.237. The first kappa shape index (κ1) is 26.3. The van der Waals surface area contributed by atoms with Crippen LogP contribution in [-0.2, 0) is 6.54 Å². The molecule has 5 rings (SSSR count). The molecule has 2 fully saturated rings. The largest absolute Gasteiger partial charge is 0.496 e. The fraction of sp³-hybridized carbons (Fsp3) is 0.484. The Morgan fingerprint density at radius 1 is 0.974 bits per heavy atom. The minimum atomic E-state index is -0.188. The van der Waals surface area contributed by atoms with Crippen LogP contribution in [0.2, 0.25) is 0 Å². The fourth-order valence-corrected chi connectivity index (χ4v) is 5.71. The van der Waals surface area contributed by atoms with Crippen LogP contribution < -0.4 is 19.9 Å². The normalized spacial score (nSPS) is 16.9. The predicted octanol–water partition coefficient (Wildman–Crippen LogP) is 5.22. The van der Waals surface area contributed by atoms with Crippen molar-refractivity contribution >= 4 is 5.69 Å². The Balaban J connectivity index is 1.30. The van der Waals surface area contributed by atoms with Crippen molar-refractivity contribution in [2.75, 3.05) is 44.8 Å². The van der Waals surface area contributed by atoms with Crippen molar-refractivity contribution in [1.29, 1.82) is 0 Å². The number of ether oxygens (including phenoxy) is 2. The Kier molecular flexibility index (Phi) is 8.64. The lowest BCUT2D eigenvalue weighted by Gasteiger charge is -2.36. The number of para-hydroxylation sites is 1. The molecule has 0 bridgehead atoms. The van der Waals surface area contributed by atoms with Crippen LogP contribution in [0.5, 0.6) is 11.5 Å². The van der Waals surface area contributed by atoms with Crippen LogP contribution in [0.25, 0.3) is 5.69 Å². The number of aryl methyl sites for hydroxylation is 1. The molecule has 3 aromatic rings. The first-order valence-electron chi connectivity index (χ1n) is 14.0. The van der Waals surface area contributed by atoms with Gasteiger partial charge >= 0.3 is 5.56 Å². The molecule has 202 valence electrons. The van der Waals surface area contributed by atoms with Crippen molar-refractivity contribution in [2.45, 2.75) is 52.0 Å². The van der Waals surface area contributed by atoms with E-state index in [2.05, 4.69) is 40.0 Å². The highest BCUT2D eigenvalue weighted by Gasteiger charge is 2.24. The van der Waals surface area contributed by atoms with Gasteiger partial charge in [0.2, 0.25) is 5.75 Å². The number of rotatable bonds is 9. The number of benzene rings is 2. The van der Waals surface area contributed by atoms with E-state index in [1.807, 2.05) is 36.5 Å². The van der Waals surface area contributed by atoms with E-state index in [9.17, 15) is 4.79 Å². The number of anilines is 1. The van der Waals surface area contributed by atoms with Crippen LogP contribution in [0.3, 0.4) is 0 Å². The summed E-state index contributed by atoms with van der Waals surface area (Å²) in [6, 6.07) is 16.0. The zero-order valence-electron chi connectivity index (χ0n) is 22.8. The minimum Gasteiger partial charge on any atom is -0.496 e. The molecular weight excluding hydrogens is 476 g/mol. The number of aromatic nitrogens is 2. The Labute approximate surface area is 226 Å². The summed E-state index contributed by atoms with van der Waals surface area (Å²) in [5, 5.41) is 4.55. The van der Waals surface area contributed by atoms with Crippen molar-refractivity contribution < 1.29 is 9.47 Å². The van der Waals surface area contributed by atoms with Gasteiger partial charge in [-0.25, -0.2) is 0 Å². The standard InChI is InChI=1S/C31H40N4O3/c1-24-13-14-26(21-29(24)37-2)23-33-16-18-34(19-17-33)28-22-32-35(27-11-7-4-8-12-27)31(36)30(28)38-20-15-25-9-5-3-6-10-25/h4,7-8,11-14,21-22,25H,3,5-6,9-10,15-20,23H2,1-2H3. The van der Waals surface area contributed by atoms with E-state index in [1.165, 1.54) is 42.3 Å². The maximum atomic E-state index is 13.6. The van der Waals surface area contributed by atoms with Gasteiger partial charge < -0.3 is 14.4 Å². The third kappa shape index (κ3) is 6.21. The van der Waals surface area contributed by atoms with Gasteiger partial charge in [0.1, 0.15) is 11.4 Å². The lowest BCUT2D eigenvalue weighted by Crippen LogP contribution is -2.46. The van der Waals surface area contributed by atoms with E-state index >= 15 is 0 Å². The Morgan fingerprint density at radius 3 is 2.47 bits per heavy atom. The molecular formula is C31H40N4O3. The van der Waals surface area contributed by atoms with E-state index in [1.54, 1.807) is 7.11 Å². The van der Waals surface area contributed by atoms with Crippen molar-refractivity contribution in [3.8, 4) is 17.2 Å². The van der Waals surface area contributed by atoms with Crippen molar-refractivity contribution in [2.24, 2.45) is 5.92 Å². The summed E-state index contributed by atoms with van der Waals surface area (Å²) in [6.07, 6.45) is 9.32. The average Bonchev–Trinajstić information content (AvgIpc) is 2.96. The maximum absolute atomic E-state index is 13.6. The van der Waals surface area contributed by atoms with E-state index in [0.717, 1.165) is 61.8 Å². The quantitative estimate of drug-likeness (QED) is 0.389. The Morgan fingerprint density at radius 2 is 1.74 bits per heavy atom. The summed E-state index contributed by atoms with van der Waals surface area (Å²) in [5.41, 5.74) is 3.77. The van der Waals surface area contributed by atoms with Gasteiger partial charge in [0, 0.05) is 32.7 Å². The molecule has 0 atom stereocenters. The second-order valence-corrected chi connectivity index (χ2v) is 10.6. The molecule has 1 saturated carbocycles. The molecule has 0 amide bonds. The summed E-state index contributed by atoms with van der Waals surface area (Å²) in [5.74, 6) is 2.06. The van der Waals surface area contributed by atoms with Gasteiger partial charge in [-0.3, -0.25) is 9.69 Å². The van der Waals surface area contributed by atoms with Crippen LogP contribution in [0.15, 0.2) is 59.5 Å². The topological polar surface area (TPSA) is 59.8 Å². The summed E-state index contributed by atoms with van der Waals surface area (Å²) < 4.78 is 13.3. The summed E-state index contributed by atoms with van der Waals surface area (Å²) in [4.78, 5) is 18.3. The van der Waals surface area contributed by atoms with Crippen LogP contribution in [0.4, 0.5) is 5.69 Å². The highest BCUT2D eigenvalue weighted by Crippen LogP contribution is 2.29. The van der Waals surface area contributed by atoms with Crippen LogP contribution in [-0.4, -0.2) is 54.6 Å². The molecule has 2 aliphatic rings. The molecule has 0 radical (unpaired) electrons. The summed E-state index contributed by atoms with van der Waals surface area (Å²) in [7, 11) is 1.72. The number of methoxy groups -OCH3 is 1. The second kappa shape index (κ2) is 12.5. The molecule has 2 heterocycles. The zero-order chi connectivity index (χ0) is 26.3. The van der Waals surface area contributed by atoms with E-state index in [4.69, 9.17) is 9.47 Å². The monoisotopic (exact) mass is 516 g/mol. The summed E-state index contributed by atoms with van der Waals surface area (Å²) in [6.45, 7) is 6.95. The predicted molar refractivity (Wildman–Crippen MR) is 152 cm³/mol. The number of hydrogen-bond donors (Lipinski definition) is 0. The van der Waals surface area contributed by atoms with Crippen molar-refractivity contribution in [1.82, 2.24) is 14.7 Å². The summed E-state index contributed by atoms with van der Waals surface area (Å²) >= 11 is 0.